The Labute approximate surface area is 121 Å². The number of carbonyl (C=O) groups excluding carboxylic acids is 1. The Morgan fingerprint density at radius 2 is 2.10 bits per heavy atom. The fourth-order valence-corrected chi connectivity index (χ4v) is 2.58. The molecule has 1 fully saturated rings. The van der Waals surface area contributed by atoms with E-state index < -0.39 is 0 Å². The predicted octanol–water partition coefficient (Wildman–Crippen LogP) is 2.77. The second-order valence-corrected chi connectivity index (χ2v) is 5.60. The average Bonchev–Trinajstić information content (AvgIpc) is 2.48. The summed E-state index contributed by atoms with van der Waals surface area (Å²) in [7, 11) is 0. The Morgan fingerprint density at radius 3 is 2.80 bits per heavy atom. The quantitative estimate of drug-likeness (QED) is 0.826. The Balaban J connectivity index is 1.76. The molecule has 1 aromatic carbocycles. The van der Waals surface area contributed by atoms with Crippen molar-refractivity contribution in [2.75, 3.05) is 11.9 Å². The molecule has 3 heteroatoms. The lowest BCUT2D eigenvalue weighted by atomic mass is 9.87. The second kappa shape index (κ2) is 7.00. The molecule has 1 aliphatic rings. The van der Waals surface area contributed by atoms with Crippen molar-refractivity contribution in [3.8, 4) is 12.3 Å². The number of hydrogen-bond donors (Lipinski definition) is 2. The second-order valence-electron chi connectivity index (χ2n) is 5.60. The van der Waals surface area contributed by atoms with Crippen molar-refractivity contribution < 1.29 is 4.79 Å². The molecular weight excluding hydrogens is 248 g/mol. The van der Waals surface area contributed by atoms with E-state index in [4.69, 9.17) is 6.42 Å². The third-order valence-corrected chi connectivity index (χ3v) is 3.86. The van der Waals surface area contributed by atoms with E-state index in [1.165, 1.54) is 12.8 Å². The van der Waals surface area contributed by atoms with Gasteiger partial charge in [0.2, 0.25) is 5.91 Å². The molecule has 0 unspecified atom stereocenters. The van der Waals surface area contributed by atoms with E-state index in [-0.39, 0.29) is 5.91 Å². The zero-order valence-corrected chi connectivity index (χ0v) is 12.0. The molecule has 1 aromatic rings. The van der Waals surface area contributed by atoms with Crippen molar-refractivity contribution in [3.63, 3.8) is 0 Å². The summed E-state index contributed by atoms with van der Waals surface area (Å²) < 4.78 is 0. The molecule has 0 bridgehead atoms. The summed E-state index contributed by atoms with van der Waals surface area (Å²) in [4.78, 5) is 11.9. The van der Waals surface area contributed by atoms with Gasteiger partial charge < -0.3 is 10.6 Å². The van der Waals surface area contributed by atoms with Crippen LogP contribution in [0.4, 0.5) is 5.69 Å². The third-order valence-electron chi connectivity index (χ3n) is 3.86. The van der Waals surface area contributed by atoms with Crippen molar-refractivity contribution in [1.29, 1.82) is 0 Å². The lowest BCUT2D eigenvalue weighted by molar-refractivity contribution is -0.120. The van der Waals surface area contributed by atoms with Crippen molar-refractivity contribution in [2.45, 2.75) is 38.6 Å². The van der Waals surface area contributed by atoms with Gasteiger partial charge in [-0.3, -0.25) is 4.79 Å². The van der Waals surface area contributed by atoms with Crippen LogP contribution in [-0.4, -0.2) is 18.5 Å². The van der Waals surface area contributed by atoms with Gasteiger partial charge in [0, 0.05) is 17.3 Å². The fourth-order valence-electron chi connectivity index (χ4n) is 2.58. The van der Waals surface area contributed by atoms with Crippen LogP contribution in [0.3, 0.4) is 0 Å². The molecule has 1 aliphatic carbocycles. The number of amides is 1. The molecule has 0 aromatic heterocycles. The van der Waals surface area contributed by atoms with Crippen LogP contribution in [0.5, 0.6) is 0 Å². The predicted molar refractivity (Wildman–Crippen MR) is 82.4 cm³/mol. The molecule has 0 spiro atoms. The van der Waals surface area contributed by atoms with Gasteiger partial charge in [0.25, 0.3) is 0 Å². The van der Waals surface area contributed by atoms with Crippen molar-refractivity contribution in [2.24, 2.45) is 5.92 Å². The largest absolute Gasteiger partial charge is 0.376 e. The molecule has 0 radical (unpaired) electrons. The topological polar surface area (TPSA) is 41.1 Å². The first-order chi connectivity index (χ1) is 9.67. The van der Waals surface area contributed by atoms with Gasteiger partial charge in [-0.25, -0.2) is 0 Å². The standard InChI is InChI=1S/C17H22N2O/c1-3-14-5-4-6-16(11-14)18-12-17(20)19-15-9-7-13(2)8-10-15/h1,4-6,11,13,15,18H,7-10,12H2,2H3,(H,19,20). The van der Waals surface area contributed by atoms with Gasteiger partial charge >= 0.3 is 0 Å². The summed E-state index contributed by atoms with van der Waals surface area (Å²) in [5.74, 6) is 3.43. The Hall–Kier alpha value is -1.95. The summed E-state index contributed by atoms with van der Waals surface area (Å²) in [6.45, 7) is 2.57. The van der Waals surface area contributed by atoms with E-state index >= 15 is 0 Å². The minimum Gasteiger partial charge on any atom is -0.376 e. The smallest absolute Gasteiger partial charge is 0.239 e. The highest BCUT2D eigenvalue weighted by atomic mass is 16.1. The van der Waals surface area contributed by atoms with Crippen LogP contribution in [0.1, 0.15) is 38.2 Å². The summed E-state index contributed by atoms with van der Waals surface area (Å²) in [5, 5.41) is 6.21. The van der Waals surface area contributed by atoms with Crippen LogP contribution in [0.15, 0.2) is 24.3 Å². The number of anilines is 1. The number of carbonyl (C=O) groups is 1. The number of benzene rings is 1. The maximum absolute atomic E-state index is 11.9. The molecule has 2 rings (SSSR count). The van der Waals surface area contributed by atoms with Gasteiger partial charge in [0.1, 0.15) is 0 Å². The highest BCUT2D eigenvalue weighted by molar-refractivity contribution is 5.81. The van der Waals surface area contributed by atoms with Crippen molar-refractivity contribution >= 4 is 11.6 Å². The van der Waals surface area contributed by atoms with Crippen molar-refractivity contribution in [3.05, 3.63) is 29.8 Å². The highest BCUT2D eigenvalue weighted by Gasteiger charge is 2.19. The summed E-state index contributed by atoms with van der Waals surface area (Å²) in [5.41, 5.74) is 1.70. The van der Waals surface area contributed by atoms with E-state index in [2.05, 4.69) is 23.5 Å². The summed E-state index contributed by atoms with van der Waals surface area (Å²) in [6, 6.07) is 7.89. The minimum atomic E-state index is 0.0515. The molecule has 2 N–H and O–H groups in total. The molecule has 0 heterocycles. The average molecular weight is 270 g/mol. The minimum absolute atomic E-state index is 0.0515. The lowest BCUT2D eigenvalue weighted by Crippen LogP contribution is -2.40. The molecule has 3 nitrogen and oxygen atoms in total. The zero-order valence-electron chi connectivity index (χ0n) is 12.0. The van der Waals surface area contributed by atoms with Gasteiger partial charge in [0.05, 0.1) is 6.54 Å². The molecule has 0 atom stereocenters. The van der Waals surface area contributed by atoms with E-state index in [1.54, 1.807) is 0 Å². The maximum Gasteiger partial charge on any atom is 0.239 e. The van der Waals surface area contributed by atoms with Gasteiger partial charge in [-0.2, -0.15) is 0 Å². The molecule has 20 heavy (non-hydrogen) atoms. The van der Waals surface area contributed by atoms with E-state index in [0.29, 0.717) is 12.6 Å². The molecule has 1 saturated carbocycles. The number of hydrogen-bond acceptors (Lipinski definition) is 2. The maximum atomic E-state index is 11.9. The first kappa shape index (κ1) is 14.5. The van der Waals surface area contributed by atoms with Crippen LogP contribution in [0.2, 0.25) is 0 Å². The van der Waals surface area contributed by atoms with E-state index in [1.807, 2.05) is 24.3 Å². The van der Waals surface area contributed by atoms with Crippen LogP contribution < -0.4 is 10.6 Å². The lowest BCUT2D eigenvalue weighted by Gasteiger charge is -2.27. The summed E-state index contributed by atoms with van der Waals surface area (Å²) >= 11 is 0. The number of rotatable bonds is 4. The molecule has 106 valence electrons. The number of nitrogens with one attached hydrogen (secondary N) is 2. The fraction of sp³-hybridized carbons (Fsp3) is 0.471. The van der Waals surface area contributed by atoms with Crippen LogP contribution in [0.25, 0.3) is 0 Å². The van der Waals surface area contributed by atoms with E-state index in [9.17, 15) is 4.79 Å². The van der Waals surface area contributed by atoms with Crippen molar-refractivity contribution in [1.82, 2.24) is 5.32 Å². The molecular formula is C17H22N2O. The highest BCUT2D eigenvalue weighted by Crippen LogP contribution is 2.23. The molecule has 0 aliphatic heterocycles. The normalized spacial score (nSPS) is 21.8. The third kappa shape index (κ3) is 4.31. The Kier molecular flexibility index (Phi) is 5.06. The number of terminal acetylenes is 1. The summed E-state index contributed by atoms with van der Waals surface area (Å²) in [6.07, 6.45) is 9.97. The van der Waals surface area contributed by atoms with Gasteiger partial charge in [-0.05, 0) is 49.8 Å². The first-order valence-electron chi connectivity index (χ1n) is 7.27. The first-order valence-corrected chi connectivity index (χ1v) is 7.27. The van der Waals surface area contributed by atoms with Crippen LogP contribution in [0, 0.1) is 18.3 Å². The zero-order chi connectivity index (χ0) is 14.4. The Bertz CT molecular complexity index is 496. The van der Waals surface area contributed by atoms with Crippen LogP contribution in [-0.2, 0) is 4.79 Å². The Morgan fingerprint density at radius 1 is 1.35 bits per heavy atom. The SMILES string of the molecule is C#Cc1cccc(NCC(=O)NC2CCC(C)CC2)c1. The monoisotopic (exact) mass is 270 g/mol. The van der Waals surface area contributed by atoms with Gasteiger partial charge in [-0.1, -0.05) is 18.9 Å². The van der Waals surface area contributed by atoms with Gasteiger partial charge in [-0.15, -0.1) is 6.42 Å². The van der Waals surface area contributed by atoms with Gasteiger partial charge in [0.15, 0.2) is 0 Å². The molecule has 1 amide bonds. The van der Waals surface area contributed by atoms with Crippen LogP contribution >= 0.6 is 0 Å². The van der Waals surface area contributed by atoms with E-state index in [0.717, 1.165) is 30.0 Å². The molecule has 0 saturated heterocycles.